The van der Waals surface area contributed by atoms with Gasteiger partial charge in [0.05, 0.1) is 15.5 Å². The van der Waals surface area contributed by atoms with Crippen LogP contribution in [0.2, 0.25) is 5.02 Å². The van der Waals surface area contributed by atoms with Crippen molar-refractivity contribution >= 4 is 45.1 Å². The largest absolute Gasteiger partial charge is 0.368 e. The maximum Gasteiger partial charge on any atom is 0.232 e. The Labute approximate surface area is 118 Å². The number of aromatic nitrogens is 3. The molecule has 0 unspecified atom stereocenters. The summed E-state index contributed by atoms with van der Waals surface area (Å²) < 4.78 is 0. The highest BCUT2D eigenvalue weighted by Crippen LogP contribution is 2.24. The maximum absolute atomic E-state index is 6.04. The second-order valence-corrected chi connectivity index (χ2v) is 5.38. The number of nitrogens with one attached hydrogen (secondary N) is 1. The van der Waals surface area contributed by atoms with Crippen molar-refractivity contribution in [1.29, 1.82) is 0 Å². The molecule has 1 aromatic heterocycles. The van der Waals surface area contributed by atoms with Crippen molar-refractivity contribution in [2.45, 2.75) is 11.8 Å². The van der Waals surface area contributed by atoms with E-state index in [-0.39, 0.29) is 10.8 Å². The average Bonchev–Trinajstić information content (AvgIpc) is 2.31. The van der Waals surface area contributed by atoms with Gasteiger partial charge in [0, 0.05) is 0 Å². The SMILES string of the molecule is C[C@@H](Br)c1nc(N)nc(Nc2ccccc2Cl)n1. The summed E-state index contributed by atoms with van der Waals surface area (Å²) in [7, 11) is 0. The Morgan fingerprint density at radius 2 is 2.00 bits per heavy atom. The molecule has 0 fully saturated rings. The van der Waals surface area contributed by atoms with E-state index in [1.54, 1.807) is 6.07 Å². The molecule has 0 spiro atoms. The molecule has 0 aliphatic heterocycles. The Bertz CT molecular complexity index is 561. The molecule has 0 saturated carbocycles. The fraction of sp³-hybridized carbons (Fsp3) is 0.182. The van der Waals surface area contributed by atoms with Crippen molar-refractivity contribution in [2.24, 2.45) is 0 Å². The van der Waals surface area contributed by atoms with Crippen LogP contribution in [0.3, 0.4) is 0 Å². The molecule has 0 saturated heterocycles. The van der Waals surface area contributed by atoms with E-state index >= 15 is 0 Å². The average molecular weight is 329 g/mol. The fourth-order valence-electron chi connectivity index (χ4n) is 1.33. The Balaban J connectivity index is 2.32. The molecule has 18 heavy (non-hydrogen) atoms. The number of nitrogen functional groups attached to an aromatic ring is 1. The Morgan fingerprint density at radius 3 is 2.67 bits per heavy atom. The predicted octanol–water partition coefficient (Wildman–Crippen LogP) is 3.31. The van der Waals surface area contributed by atoms with E-state index in [1.165, 1.54) is 0 Å². The predicted molar refractivity (Wildman–Crippen MR) is 76.3 cm³/mol. The molecule has 1 heterocycles. The van der Waals surface area contributed by atoms with Crippen LogP contribution in [-0.4, -0.2) is 15.0 Å². The lowest BCUT2D eigenvalue weighted by Crippen LogP contribution is -2.07. The minimum atomic E-state index is -0.00500. The van der Waals surface area contributed by atoms with Gasteiger partial charge in [-0.05, 0) is 19.1 Å². The molecule has 0 aliphatic rings. The molecule has 2 rings (SSSR count). The molecule has 0 bridgehead atoms. The molecule has 2 aromatic rings. The van der Waals surface area contributed by atoms with Crippen LogP contribution in [0.4, 0.5) is 17.6 Å². The van der Waals surface area contributed by atoms with Crippen molar-refractivity contribution in [3.63, 3.8) is 0 Å². The molecule has 1 aromatic carbocycles. The molecule has 3 N–H and O–H groups in total. The van der Waals surface area contributed by atoms with Gasteiger partial charge in [0.15, 0.2) is 0 Å². The third-order valence-electron chi connectivity index (χ3n) is 2.15. The highest BCUT2D eigenvalue weighted by atomic mass is 79.9. The monoisotopic (exact) mass is 327 g/mol. The van der Waals surface area contributed by atoms with Gasteiger partial charge in [-0.1, -0.05) is 39.7 Å². The fourth-order valence-corrected chi connectivity index (χ4v) is 1.71. The van der Waals surface area contributed by atoms with E-state index in [4.69, 9.17) is 17.3 Å². The highest BCUT2D eigenvalue weighted by molar-refractivity contribution is 9.09. The van der Waals surface area contributed by atoms with Gasteiger partial charge in [0.2, 0.25) is 11.9 Å². The zero-order valence-electron chi connectivity index (χ0n) is 9.56. The number of para-hydroxylation sites is 1. The molecular formula is C11H11BrClN5. The van der Waals surface area contributed by atoms with Gasteiger partial charge in [0.1, 0.15) is 5.82 Å². The summed E-state index contributed by atoms with van der Waals surface area (Å²) in [6.45, 7) is 1.91. The molecule has 1 atom stereocenters. The van der Waals surface area contributed by atoms with E-state index < -0.39 is 0 Å². The first-order valence-corrected chi connectivity index (χ1v) is 6.52. The summed E-state index contributed by atoms with van der Waals surface area (Å²) in [4.78, 5) is 12.3. The van der Waals surface area contributed by atoms with Crippen molar-refractivity contribution in [3.05, 3.63) is 35.1 Å². The lowest BCUT2D eigenvalue weighted by Gasteiger charge is -2.09. The Morgan fingerprint density at radius 1 is 1.28 bits per heavy atom. The van der Waals surface area contributed by atoms with Gasteiger partial charge < -0.3 is 11.1 Å². The van der Waals surface area contributed by atoms with Gasteiger partial charge in [-0.25, -0.2) is 0 Å². The van der Waals surface area contributed by atoms with E-state index in [0.29, 0.717) is 16.8 Å². The van der Waals surface area contributed by atoms with Crippen LogP contribution in [0.25, 0.3) is 0 Å². The van der Waals surface area contributed by atoms with E-state index in [9.17, 15) is 0 Å². The minimum Gasteiger partial charge on any atom is -0.368 e. The first-order chi connectivity index (χ1) is 8.56. The number of rotatable bonds is 3. The van der Waals surface area contributed by atoms with Gasteiger partial charge in [-0.2, -0.15) is 15.0 Å². The number of nitrogens with zero attached hydrogens (tertiary/aromatic N) is 3. The highest BCUT2D eigenvalue weighted by Gasteiger charge is 2.10. The summed E-state index contributed by atoms with van der Waals surface area (Å²) >= 11 is 9.43. The minimum absolute atomic E-state index is 0.00500. The lowest BCUT2D eigenvalue weighted by molar-refractivity contribution is 0.906. The van der Waals surface area contributed by atoms with E-state index in [1.807, 2.05) is 25.1 Å². The van der Waals surface area contributed by atoms with Crippen LogP contribution >= 0.6 is 27.5 Å². The summed E-state index contributed by atoms with van der Waals surface area (Å²) in [6.07, 6.45) is 0. The number of halogens is 2. The van der Waals surface area contributed by atoms with Crippen LogP contribution in [0.15, 0.2) is 24.3 Å². The molecular weight excluding hydrogens is 318 g/mol. The number of alkyl halides is 1. The van der Waals surface area contributed by atoms with Crippen LogP contribution in [0, 0.1) is 0 Å². The topological polar surface area (TPSA) is 76.7 Å². The first kappa shape index (κ1) is 13.0. The van der Waals surface area contributed by atoms with Crippen LogP contribution in [0.5, 0.6) is 0 Å². The number of hydrogen-bond donors (Lipinski definition) is 2. The standard InChI is InChI=1S/C11H11BrClN5/c1-6(12)9-16-10(14)18-11(17-9)15-8-5-3-2-4-7(8)13/h2-6H,1H3,(H3,14,15,16,17,18)/t6-/m1/s1. The molecule has 5 nitrogen and oxygen atoms in total. The summed E-state index contributed by atoms with van der Waals surface area (Å²) in [5, 5.41) is 3.60. The number of hydrogen-bond acceptors (Lipinski definition) is 5. The second kappa shape index (κ2) is 5.49. The van der Waals surface area contributed by atoms with E-state index in [2.05, 4.69) is 36.2 Å². The number of anilines is 3. The number of benzene rings is 1. The molecule has 7 heteroatoms. The summed E-state index contributed by atoms with van der Waals surface area (Å²) in [5.41, 5.74) is 6.35. The van der Waals surface area contributed by atoms with Crippen LogP contribution in [-0.2, 0) is 0 Å². The second-order valence-electron chi connectivity index (χ2n) is 3.60. The van der Waals surface area contributed by atoms with E-state index in [0.717, 1.165) is 5.69 Å². The zero-order chi connectivity index (χ0) is 13.1. The van der Waals surface area contributed by atoms with Crippen LogP contribution < -0.4 is 11.1 Å². The number of nitrogens with two attached hydrogens (primary N) is 1. The maximum atomic E-state index is 6.04. The van der Waals surface area contributed by atoms with Gasteiger partial charge >= 0.3 is 0 Å². The Kier molecular flexibility index (Phi) is 3.98. The Hall–Kier alpha value is -1.40. The smallest absolute Gasteiger partial charge is 0.232 e. The molecule has 94 valence electrons. The van der Waals surface area contributed by atoms with Crippen LogP contribution in [0.1, 0.15) is 17.6 Å². The third-order valence-corrected chi connectivity index (χ3v) is 2.89. The van der Waals surface area contributed by atoms with Gasteiger partial charge in [-0.3, -0.25) is 0 Å². The van der Waals surface area contributed by atoms with Crippen molar-refractivity contribution in [2.75, 3.05) is 11.1 Å². The van der Waals surface area contributed by atoms with Crippen molar-refractivity contribution < 1.29 is 0 Å². The van der Waals surface area contributed by atoms with Gasteiger partial charge in [0.25, 0.3) is 0 Å². The van der Waals surface area contributed by atoms with Crippen molar-refractivity contribution in [3.8, 4) is 0 Å². The van der Waals surface area contributed by atoms with Crippen molar-refractivity contribution in [1.82, 2.24) is 15.0 Å². The third kappa shape index (κ3) is 3.08. The summed E-state index contributed by atoms with van der Waals surface area (Å²) in [6, 6.07) is 7.33. The zero-order valence-corrected chi connectivity index (χ0v) is 11.9. The quantitative estimate of drug-likeness (QED) is 0.845. The molecule has 0 aliphatic carbocycles. The molecule has 0 amide bonds. The van der Waals surface area contributed by atoms with Gasteiger partial charge in [-0.15, -0.1) is 0 Å². The summed E-state index contributed by atoms with van der Waals surface area (Å²) in [5.74, 6) is 1.11. The first-order valence-electron chi connectivity index (χ1n) is 5.23. The lowest BCUT2D eigenvalue weighted by atomic mass is 10.3. The normalized spacial score (nSPS) is 12.2. The molecule has 0 radical (unpaired) electrons.